The number of carboxylic acid groups (broad SMARTS) is 1. The van der Waals surface area contributed by atoms with Gasteiger partial charge in [0.25, 0.3) is 0 Å². The highest BCUT2D eigenvalue weighted by atomic mass is 127. The molecule has 0 aromatic heterocycles. The van der Waals surface area contributed by atoms with Crippen molar-refractivity contribution in [2.45, 2.75) is 6.42 Å². The van der Waals surface area contributed by atoms with E-state index in [0.29, 0.717) is 11.4 Å². The second-order valence-corrected chi connectivity index (χ2v) is 5.31. The van der Waals surface area contributed by atoms with E-state index >= 15 is 0 Å². The summed E-state index contributed by atoms with van der Waals surface area (Å²) in [6, 6.07) is 5.47. The molecule has 1 amide bonds. The van der Waals surface area contributed by atoms with Crippen molar-refractivity contribution >= 4 is 40.2 Å². The lowest BCUT2D eigenvalue weighted by atomic mass is 10.1. The van der Waals surface area contributed by atoms with Crippen LogP contribution >= 0.6 is 22.6 Å². The van der Waals surface area contributed by atoms with Crippen LogP contribution in [0.2, 0.25) is 0 Å². The number of aliphatic carboxylic acids is 1. The number of carbonyl (C=O) groups excluding carboxylic acids is 1. The molecule has 6 heteroatoms. The Bertz CT molecular complexity index is 503. The molecule has 18 heavy (non-hydrogen) atoms. The molecular formula is C12H12INO4. The van der Waals surface area contributed by atoms with Crippen LogP contribution in [0.3, 0.4) is 0 Å². The van der Waals surface area contributed by atoms with Gasteiger partial charge in [0, 0.05) is 16.5 Å². The maximum atomic E-state index is 11.9. The molecule has 1 aliphatic heterocycles. The zero-order valence-corrected chi connectivity index (χ0v) is 11.9. The Morgan fingerprint density at radius 1 is 1.56 bits per heavy atom. The molecule has 1 unspecified atom stereocenters. The van der Waals surface area contributed by atoms with E-state index in [1.807, 2.05) is 12.1 Å². The van der Waals surface area contributed by atoms with Gasteiger partial charge in [0.05, 0.1) is 18.7 Å². The quantitative estimate of drug-likeness (QED) is 0.833. The van der Waals surface area contributed by atoms with Crippen molar-refractivity contribution in [1.29, 1.82) is 0 Å². The number of methoxy groups -OCH3 is 1. The minimum atomic E-state index is -0.935. The first kappa shape index (κ1) is 13.1. The van der Waals surface area contributed by atoms with Gasteiger partial charge in [-0.3, -0.25) is 9.59 Å². The van der Waals surface area contributed by atoms with Crippen molar-refractivity contribution < 1.29 is 19.4 Å². The van der Waals surface area contributed by atoms with E-state index in [0.717, 1.165) is 3.57 Å². The number of hydrogen-bond donors (Lipinski definition) is 1. The lowest BCUT2D eigenvalue weighted by Gasteiger charge is -2.19. The number of carbonyl (C=O) groups is 2. The molecule has 0 bridgehead atoms. The van der Waals surface area contributed by atoms with Crippen molar-refractivity contribution in [3.8, 4) is 5.75 Å². The predicted molar refractivity (Wildman–Crippen MR) is 73.8 cm³/mol. The van der Waals surface area contributed by atoms with Crippen LogP contribution in [0, 0.1) is 9.49 Å². The van der Waals surface area contributed by atoms with Gasteiger partial charge in [-0.15, -0.1) is 0 Å². The highest BCUT2D eigenvalue weighted by Crippen LogP contribution is 2.34. The normalized spacial score (nSPS) is 19.1. The molecule has 1 heterocycles. The fraction of sp³-hybridized carbons (Fsp3) is 0.333. The summed E-state index contributed by atoms with van der Waals surface area (Å²) in [5.41, 5.74) is 0.637. The molecule has 1 aromatic rings. The molecule has 1 atom stereocenters. The van der Waals surface area contributed by atoms with Crippen molar-refractivity contribution in [1.82, 2.24) is 0 Å². The minimum Gasteiger partial charge on any atom is -0.495 e. The lowest BCUT2D eigenvalue weighted by Crippen LogP contribution is -2.26. The Kier molecular flexibility index (Phi) is 3.74. The molecular weight excluding hydrogens is 349 g/mol. The number of nitrogens with zero attached hydrogens (tertiary/aromatic N) is 1. The van der Waals surface area contributed by atoms with Crippen LogP contribution in [0.4, 0.5) is 5.69 Å². The maximum Gasteiger partial charge on any atom is 0.308 e. The summed E-state index contributed by atoms with van der Waals surface area (Å²) < 4.78 is 6.18. The molecule has 1 aliphatic rings. The van der Waals surface area contributed by atoms with E-state index in [9.17, 15) is 9.59 Å². The number of ether oxygens (including phenoxy) is 1. The molecule has 5 nitrogen and oxygen atoms in total. The van der Waals surface area contributed by atoms with Gasteiger partial charge in [-0.1, -0.05) is 0 Å². The standard InChI is InChI=1S/C12H12INO4/c1-18-10-3-2-8(13)5-9(10)14-6-7(12(16)17)4-11(14)15/h2-3,5,7H,4,6H2,1H3,(H,16,17). The molecule has 0 saturated carbocycles. The van der Waals surface area contributed by atoms with E-state index in [1.165, 1.54) is 12.0 Å². The second-order valence-electron chi connectivity index (χ2n) is 4.06. The van der Waals surface area contributed by atoms with Crippen LogP contribution in [0.1, 0.15) is 6.42 Å². The first-order chi connectivity index (χ1) is 8.52. The van der Waals surface area contributed by atoms with Crippen molar-refractivity contribution in [2.75, 3.05) is 18.6 Å². The Balaban J connectivity index is 2.34. The summed E-state index contributed by atoms with van der Waals surface area (Å²) in [7, 11) is 1.53. The maximum absolute atomic E-state index is 11.9. The van der Waals surface area contributed by atoms with Gasteiger partial charge in [-0.05, 0) is 40.8 Å². The predicted octanol–water partition coefficient (Wildman–Crippen LogP) is 1.74. The molecule has 96 valence electrons. The van der Waals surface area contributed by atoms with Crippen LogP contribution in [0.15, 0.2) is 18.2 Å². The molecule has 0 spiro atoms. The van der Waals surface area contributed by atoms with E-state index in [4.69, 9.17) is 9.84 Å². The third kappa shape index (κ3) is 2.43. The van der Waals surface area contributed by atoms with Crippen LogP contribution in [0.5, 0.6) is 5.75 Å². The molecule has 1 aromatic carbocycles. The monoisotopic (exact) mass is 361 g/mol. The zero-order valence-electron chi connectivity index (χ0n) is 9.72. The Labute approximate surface area is 118 Å². The van der Waals surface area contributed by atoms with Crippen LogP contribution in [-0.2, 0) is 9.59 Å². The van der Waals surface area contributed by atoms with Gasteiger partial charge in [-0.2, -0.15) is 0 Å². The number of hydrogen-bond acceptors (Lipinski definition) is 3. The number of anilines is 1. The number of amides is 1. The average Bonchev–Trinajstić information content (AvgIpc) is 2.71. The van der Waals surface area contributed by atoms with Crippen molar-refractivity contribution in [2.24, 2.45) is 5.92 Å². The largest absolute Gasteiger partial charge is 0.495 e. The lowest BCUT2D eigenvalue weighted by molar-refractivity contribution is -0.141. The van der Waals surface area contributed by atoms with Gasteiger partial charge in [0.15, 0.2) is 0 Å². The Morgan fingerprint density at radius 3 is 2.83 bits per heavy atom. The number of benzene rings is 1. The number of rotatable bonds is 3. The smallest absolute Gasteiger partial charge is 0.308 e. The summed E-state index contributed by atoms with van der Waals surface area (Å²) in [5.74, 6) is -1.17. The van der Waals surface area contributed by atoms with Gasteiger partial charge in [0.1, 0.15) is 5.75 Å². The molecule has 0 radical (unpaired) electrons. The highest BCUT2D eigenvalue weighted by molar-refractivity contribution is 14.1. The van der Waals surface area contributed by atoms with E-state index < -0.39 is 11.9 Å². The fourth-order valence-electron chi connectivity index (χ4n) is 1.98. The minimum absolute atomic E-state index is 0.0456. The topological polar surface area (TPSA) is 66.8 Å². The average molecular weight is 361 g/mol. The van der Waals surface area contributed by atoms with E-state index in [-0.39, 0.29) is 18.9 Å². The molecule has 0 aliphatic carbocycles. The third-order valence-electron chi connectivity index (χ3n) is 2.91. The molecule has 1 fully saturated rings. The van der Waals surface area contributed by atoms with E-state index in [2.05, 4.69) is 22.6 Å². The summed E-state index contributed by atoms with van der Waals surface area (Å²) in [4.78, 5) is 24.3. The van der Waals surface area contributed by atoms with Gasteiger partial charge in [0.2, 0.25) is 5.91 Å². The van der Waals surface area contributed by atoms with Gasteiger partial charge in [-0.25, -0.2) is 0 Å². The third-order valence-corrected chi connectivity index (χ3v) is 3.58. The van der Waals surface area contributed by atoms with Crippen molar-refractivity contribution in [3.63, 3.8) is 0 Å². The van der Waals surface area contributed by atoms with Gasteiger partial charge < -0.3 is 14.7 Å². The Morgan fingerprint density at radius 2 is 2.28 bits per heavy atom. The summed E-state index contributed by atoms with van der Waals surface area (Å²) in [6.45, 7) is 0.199. The van der Waals surface area contributed by atoms with Crippen LogP contribution in [0.25, 0.3) is 0 Å². The van der Waals surface area contributed by atoms with Gasteiger partial charge >= 0.3 is 5.97 Å². The summed E-state index contributed by atoms with van der Waals surface area (Å²) in [6.07, 6.45) is 0.0456. The molecule has 1 N–H and O–H groups in total. The first-order valence-corrected chi connectivity index (χ1v) is 6.47. The second kappa shape index (κ2) is 5.13. The SMILES string of the molecule is COc1ccc(I)cc1N1CC(C(=O)O)CC1=O. The summed E-state index contributed by atoms with van der Waals surface area (Å²) in [5, 5.41) is 8.97. The van der Waals surface area contributed by atoms with Crippen LogP contribution in [-0.4, -0.2) is 30.6 Å². The highest BCUT2D eigenvalue weighted by Gasteiger charge is 2.36. The first-order valence-electron chi connectivity index (χ1n) is 5.39. The van der Waals surface area contributed by atoms with Crippen LogP contribution < -0.4 is 9.64 Å². The molecule has 1 saturated heterocycles. The zero-order chi connectivity index (χ0) is 13.3. The number of halogens is 1. The van der Waals surface area contributed by atoms with Crippen molar-refractivity contribution in [3.05, 3.63) is 21.8 Å². The Hall–Kier alpha value is -1.31. The summed E-state index contributed by atoms with van der Waals surface area (Å²) >= 11 is 2.14. The fourth-order valence-corrected chi connectivity index (χ4v) is 2.45. The van der Waals surface area contributed by atoms with E-state index in [1.54, 1.807) is 6.07 Å². The molecule has 2 rings (SSSR count). The number of carboxylic acids is 1.